The van der Waals surface area contributed by atoms with Crippen LogP contribution in [0.15, 0.2) is 24.3 Å². The highest BCUT2D eigenvalue weighted by molar-refractivity contribution is 5.94. The van der Waals surface area contributed by atoms with Crippen LogP contribution in [0.25, 0.3) is 0 Å². The van der Waals surface area contributed by atoms with Crippen LogP contribution in [0.5, 0.6) is 5.75 Å². The lowest BCUT2D eigenvalue weighted by Gasteiger charge is -2.41. The molecule has 9 heteroatoms. The number of ether oxygens (including phenoxy) is 2. The first-order chi connectivity index (χ1) is 11.1. The standard InChI is InChI=1S/C15H16F3NO5/c1-14(15(16,17)18)9-19(6-7-24-14)13(22)10-2-4-11(5-3-10)23-8-12(20)21/h2-5H,6-9H2,1H3,(H,20,21). The summed E-state index contributed by atoms with van der Waals surface area (Å²) < 4.78 is 48.9. The fourth-order valence-electron chi connectivity index (χ4n) is 2.24. The Morgan fingerprint density at radius 1 is 1.33 bits per heavy atom. The maximum absolute atomic E-state index is 13.0. The molecule has 1 aromatic carbocycles. The Balaban J connectivity index is 2.07. The quantitative estimate of drug-likeness (QED) is 0.901. The van der Waals surface area contributed by atoms with Gasteiger partial charge in [-0.1, -0.05) is 0 Å². The third kappa shape index (κ3) is 3.97. The number of benzene rings is 1. The van der Waals surface area contributed by atoms with Gasteiger partial charge in [-0.05, 0) is 31.2 Å². The van der Waals surface area contributed by atoms with Crippen LogP contribution in [-0.2, 0) is 9.53 Å². The molecule has 132 valence electrons. The van der Waals surface area contributed by atoms with Gasteiger partial charge in [0.25, 0.3) is 5.91 Å². The van der Waals surface area contributed by atoms with E-state index >= 15 is 0 Å². The van der Waals surface area contributed by atoms with E-state index in [0.717, 1.165) is 11.8 Å². The van der Waals surface area contributed by atoms with Crippen LogP contribution in [0, 0.1) is 0 Å². The van der Waals surface area contributed by atoms with Gasteiger partial charge in [0, 0.05) is 12.1 Å². The monoisotopic (exact) mass is 347 g/mol. The Kier molecular flexibility index (Phi) is 5.02. The van der Waals surface area contributed by atoms with Gasteiger partial charge in [-0.3, -0.25) is 4.79 Å². The number of carboxylic acids is 1. The van der Waals surface area contributed by atoms with E-state index in [1.165, 1.54) is 24.3 Å². The molecule has 1 atom stereocenters. The van der Waals surface area contributed by atoms with E-state index in [9.17, 15) is 22.8 Å². The molecular weight excluding hydrogens is 331 g/mol. The van der Waals surface area contributed by atoms with Crippen molar-refractivity contribution in [2.24, 2.45) is 0 Å². The molecule has 1 saturated heterocycles. The summed E-state index contributed by atoms with van der Waals surface area (Å²) >= 11 is 0. The zero-order chi connectivity index (χ0) is 18.0. The molecule has 1 aliphatic rings. The van der Waals surface area contributed by atoms with Crippen LogP contribution in [-0.4, -0.2) is 60.0 Å². The molecule has 0 bridgehead atoms. The summed E-state index contributed by atoms with van der Waals surface area (Å²) in [6.45, 7) is -0.355. The van der Waals surface area contributed by atoms with Crippen molar-refractivity contribution in [2.75, 3.05) is 26.3 Å². The fourth-order valence-corrected chi connectivity index (χ4v) is 2.24. The summed E-state index contributed by atoms with van der Waals surface area (Å²) in [6.07, 6.45) is -4.58. The smallest absolute Gasteiger partial charge is 0.418 e. The summed E-state index contributed by atoms with van der Waals surface area (Å²) in [6, 6.07) is 5.53. The van der Waals surface area contributed by atoms with Crippen molar-refractivity contribution >= 4 is 11.9 Å². The molecule has 1 unspecified atom stereocenters. The van der Waals surface area contributed by atoms with Crippen LogP contribution >= 0.6 is 0 Å². The maximum atomic E-state index is 13.0. The van der Waals surface area contributed by atoms with Crippen LogP contribution < -0.4 is 4.74 Å². The molecule has 2 rings (SSSR count). The molecule has 1 aromatic rings. The van der Waals surface area contributed by atoms with E-state index in [-0.39, 0.29) is 24.5 Å². The molecule has 1 heterocycles. The number of hydrogen-bond donors (Lipinski definition) is 1. The van der Waals surface area contributed by atoms with Gasteiger partial charge >= 0.3 is 12.1 Å². The van der Waals surface area contributed by atoms with Crippen LogP contribution in [0.3, 0.4) is 0 Å². The highest BCUT2D eigenvalue weighted by Gasteiger charge is 2.55. The number of carboxylic acid groups (broad SMARTS) is 1. The lowest BCUT2D eigenvalue weighted by Crippen LogP contribution is -2.59. The first-order valence-electron chi connectivity index (χ1n) is 7.07. The van der Waals surface area contributed by atoms with E-state index in [1.54, 1.807) is 0 Å². The summed E-state index contributed by atoms with van der Waals surface area (Å²) in [5.41, 5.74) is -2.21. The van der Waals surface area contributed by atoms with Gasteiger partial charge in [-0.2, -0.15) is 13.2 Å². The number of morpholine rings is 1. The average Bonchev–Trinajstić information content (AvgIpc) is 2.52. The van der Waals surface area contributed by atoms with Gasteiger partial charge in [0.2, 0.25) is 0 Å². The summed E-state index contributed by atoms with van der Waals surface area (Å²) in [7, 11) is 0. The Bertz CT molecular complexity index is 617. The van der Waals surface area contributed by atoms with Gasteiger partial charge in [-0.25, -0.2) is 4.79 Å². The zero-order valence-electron chi connectivity index (χ0n) is 12.8. The molecule has 1 aliphatic heterocycles. The van der Waals surface area contributed by atoms with Crippen LogP contribution in [0.1, 0.15) is 17.3 Å². The van der Waals surface area contributed by atoms with Crippen molar-refractivity contribution in [3.63, 3.8) is 0 Å². The number of halogens is 3. The fraction of sp³-hybridized carbons (Fsp3) is 0.467. The number of carbonyl (C=O) groups is 2. The van der Waals surface area contributed by atoms with Crippen LogP contribution in [0.2, 0.25) is 0 Å². The highest BCUT2D eigenvalue weighted by Crippen LogP contribution is 2.36. The molecule has 0 aliphatic carbocycles. The Morgan fingerprint density at radius 2 is 1.96 bits per heavy atom. The third-order valence-electron chi connectivity index (χ3n) is 3.62. The summed E-state index contributed by atoms with van der Waals surface area (Å²) in [4.78, 5) is 23.9. The molecule has 24 heavy (non-hydrogen) atoms. The van der Waals surface area contributed by atoms with E-state index in [0.29, 0.717) is 0 Å². The Morgan fingerprint density at radius 3 is 2.50 bits per heavy atom. The predicted octanol–water partition coefficient (Wildman–Crippen LogP) is 1.94. The molecule has 0 spiro atoms. The molecular formula is C15H16F3NO5. The van der Waals surface area contributed by atoms with E-state index in [1.807, 2.05) is 0 Å². The molecule has 0 radical (unpaired) electrons. The molecule has 1 amide bonds. The SMILES string of the molecule is CC1(C(F)(F)F)CN(C(=O)c2ccc(OCC(=O)O)cc2)CCO1. The maximum Gasteiger partial charge on any atom is 0.418 e. The minimum absolute atomic E-state index is 0.0573. The van der Waals surface area contributed by atoms with E-state index in [4.69, 9.17) is 14.6 Å². The molecule has 1 N–H and O–H groups in total. The van der Waals surface area contributed by atoms with Gasteiger partial charge in [-0.15, -0.1) is 0 Å². The van der Waals surface area contributed by atoms with Gasteiger partial charge in [0.15, 0.2) is 12.2 Å². The second-order valence-corrected chi connectivity index (χ2v) is 5.51. The van der Waals surface area contributed by atoms with E-state index < -0.39 is 36.8 Å². The molecule has 6 nitrogen and oxygen atoms in total. The number of rotatable bonds is 4. The summed E-state index contributed by atoms with van der Waals surface area (Å²) in [5.74, 6) is -1.45. The van der Waals surface area contributed by atoms with Gasteiger partial charge in [0.1, 0.15) is 5.75 Å². The highest BCUT2D eigenvalue weighted by atomic mass is 19.4. The number of amides is 1. The minimum atomic E-state index is -4.58. The lowest BCUT2D eigenvalue weighted by atomic mass is 10.0. The minimum Gasteiger partial charge on any atom is -0.482 e. The third-order valence-corrected chi connectivity index (χ3v) is 3.62. The topological polar surface area (TPSA) is 76.1 Å². The van der Waals surface area contributed by atoms with Crippen molar-refractivity contribution in [3.05, 3.63) is 29.8 Å². The van der Waals surface area contributed by atoms with Crippen molar-refractivity contribution in [3.8, 4) is 5.75 Å². The number of hydrogen-bond acceptors (Lipinski definition) is 4. The molecule has 0 saturated carbocycles. The average molecular weight is 347 g/mol. The second kappa shape index (κ2) is 6.68. The lowest BCUT2D eigenvalue weighted by molar-refractivity contribution is -0.285. The number of carbonyl (C=O) groups excluding carboxylic acids is 1. The van der Waals surface area contributed by atoms with E-state index in [2.05, 4.69) is 0 Å². The molecule has 1 fully saturated rings. The normalized spacial score (nSPS) is 21.4. The number of nitrogens with zero attached hydrogens (tertiary/aromatic N) is 1. The van der Waals surface area contributed by atoms with Gasteiger partial charge < -0.3 is 19.5 Å². The predicted molar refractivity (Wildman–Crippen MR) is 75.9 cm³/mol. The largest absolute Gasteiger partial charge is 0.482 e. The second-order valence-electron chi connectivity index (χ2n) is 5.51. The first-order valence-corrected chi connectivity index (χ1v) is 7.07. The number of alkyl halides is 3. The summed E-state index contributed by atoms with van der Waals surface area (Å²) in [5, 5.41) is 8.51. The Hall–Kier alpha value is -2.29. The first kappa shape index (κ1) is 18.1. The van der Waals surface area contributed by atoms with Crippen molar-refractivity contribution in [2.45, 2.75) is 18.7 Å². The van der Waals surface area contributed by atoms with Crippen molar-refractivity contribution < 1.29 is 37.3 Å². The van der Waals surface area contributed by atoms with Crippen LogP contribution in [0.4, 0.5) is 13.2 Å². The van der Waals surface area contributed by atoms with Crippen molar-refractivity contribution in [1.29, 1.82) is 0 Å². The molecule has 0 aromatic heterocycles. The van der Waals surface area contributed by atoms with Gasteiger partial charge in [0.05, 0.1) is 13.2 Å². The zero-order valence-corrected chi connectivity index (χ0v) is 12.8. The Labute approximate surface area is 135 Å². The number of aliphatic carboxylic acids is 1. The van der Waals surface area contributed by atoms with Crippen molar-refractivity contribution in [1.82, 2.24) is 4.90 Å².